The monoisotopic (exact) mass is 386 g/mol. The summed E-state index contributed by atoms with van der Waals surface area (Å²) in [4.78, 5) is 26.2. The lowest BCUT2D eigenvalue weighted by Gasteiger charge is -2.23. The topological polar surface area (TPSA) is 77.1 Å². The van der Waals surface area contributed by atoms with Gasteiger partial charge in [0, 0.05) is 24.7 Å². The highest BCUT2D eigenvalue weighted by atomic mass is 16.5. The fourth-order valence-corrected chi connectivity index (χ4v) is 2.89. The Balaban J connectivity index is 2.30. The van der Waals surface area contributed by atoms with Gasteiger partial charge in [-0.25, -0.2) is 0 Å². The molecule has 0 aliphatic rings. The van der Waals surface area contributed by atoms with E-state index in [4.69, 9.17) is 14.2 Å². The second-order valence-corrected chi connectivity index (χ2v) is 6.36. The first-order valence-electron chi connectivity index (χ1n) is 8.76. The Morgan fingerprint density at radius 3 is 2.04 bits per heavy atom. The molecule has 1 N–H and O–H groups in total. The summed E-state index contributed by atoms with van der Waals surface area (Å²) in [5.74, 6) is 0.619. The van der Waals surface area contributed by atoms with Gasteiger partial charge in [0.1, 0.15) is 6.54 Å². The number of hydrogen-bond donors (Lipinski definition) is 1. The molecular formula is C21H26N2O5. The Bertz CT molecular complexity index is 854. The Morgan fingerprint density at radius 2 is 1.57 bits per heavy atom. The number of methoxy groups -OCH3 is 3. The molecule has 150 valence electrons. The van der Waals surface area contributed by atoms with Crippen molar-refractivity contribution in [1.82, 2.24) is 0 Å². The van der Waals surface area contributed by atoms with Gasteiger partial charge in [0.2, 0.25) is 17.6 Å². The van der Waals surface area contributed by atoms with E-state index in [9.17, 15) is 9.59 Å². The number of amides is 2. The van der Waals surface area contributed by atoms with Gasteiger partial charge in [-0.3, -0.25) is 9.59 Å². The predicted molar refractivity (Wildman–Crippen MR) is 109 cm³/mol. The van der Waals surface area contributed by atoms with Gasteiger partial charge in [-0.15, -0.1) is 0 Å². The van der Waals surface area contributed by atoms with Gasteiger partial charge in [-0.05, 0) is 25.5 Å². The molecule has 2 rings (SSSR count). The highest BCUT2D eigenvalue weighted by Gasteiger charge is 2.21. The van der Waals surface area contributed by atoms with Crippen LogP contribution >= 0.6 is 0 Å². The summed E-state index contributed by atoms with van der Waals surface area (Å²) in [6.45, 7) is 5.15. The quantitative estimate of drug-likeness (QED) is 0.790. The summed E-state index contributed by atoms with van der Waals surface area (Å²) in [6, 6.07) is 9.02. The van der Waals surface area contributed by atoms with E-state index in [1.54, 1.807) is 12.1 Å². The van der Waals surface area contributed by atoms with E-state index in [2.05, 4.69) is 5.32 Å². The van der Waals surface area contributed by atoms with Crippen LogP contribution in [-0.4, -0.2) is 39.7 Å². The highest BCUT2D eigenvalue weighted by Crippen LogP contribution is 2.41. The van der Waals surface area contributed by atoms with Crippen molar-refractivity contribution in [1.29, 1.82) is 0 Å². The van der Waals surface area contributed by atoms with Crippen molar-refractivity contribution < 1.29 is 23.8 Å². The van der Waals surface area contributed by atoms with Gasteiger partial charge in [0.05, 0.1) is 27.0 Å². The molecule has 0 bridgehead atoms. The van der Waals surface area contributed by atoms with Crippen LogP contribution in [0, 0.1) is 13.8 Å². The van der Waals surface area contributed by atoms with Crippen LogP contribution in [0.25, 0.3) is 0 Å². The maximum Gasteiger partial charge on any atom is 0.244 e. The third kappa shape index (κ3) is 4.73. The molecule has 0 atom stereocenters. The number of aryl methyl sites for hydroxylation is 2. The fraction of sp³-hybridized carbons (Fsp3) is 0.333. The molecule has 0 fully saturated rings. The molecule has 0 saturated carbocycles. The van der Waals surface area contributed by atoms with Gasteiger partial charge >= 0.3 is 0 Å². The summed E-state index contributed by atoms with van der Waals surface area (Å²) in [5, 5.41) is 2.85. The minimum atomic E-state index is -0.309. The van der Waals surface area contributed by atoms with Crippen LogP contribution in [0.5, 0.6) is 17.2 Å². The second kappa shape index (κ2) is 9.12. The number of benzene rings is 2. The second-order valence-electron chi connectivity index (χ2n) is 6.36. The third-order valence-corrected chi connectivity index (χ3v) is 4.30. The zero-order valence-electron chi connectivity index (χ0n) is 17.1. The molecule has 0 unspecified atom stereocenters. The number of nitrogens with one attached hydrogen (secondary N) is 1. The summed E-state index contributed by atoms with van der Waals surface area (Å²) in [5.41, 5.74) is 3.25. The van der Waals surface area contributed by atoms with E-state index >= 15 is 0 Å². The number of carbonyl (C=O) groups is 2. The van der Waals surface area contributed by atoms with Crippen molar-refractivity contribution in [3.8, 4) is 17.2 Å². The first-order valence-corrected chi connectivity index (χ1v) is 8.76. The van der Waals surface area contributed by atoms with Crippen molar-refractivity contribution in [3.63, 3.8) is 0 Å². The molecular weight excluding hydrogens is 360 g/mol. The number of carbonyl (C=O) groups excluding carboxylic acids is 2. The van der Waals surface area contributed by atoms with Crippen molar-refractivity contribution in [2.24, 2.45) is 0 Å². The summed E-state index contributed by atoms with van der Waals surface area (Å²) in [6.07, 6.45) is 0. The van der Waals surface area contributed by atoms with E-state index in [0.717, 1.165) is 11.1 Å². The fourth-order valence-electron chi connectivity index (χ4n) is 2.89. The maximum absolute atomic E-state index is 12.6. The van der Waals surface area contributed by atoms with Crippen LogP contribution in [0.2, 0.25) is 0 Å². The lowest BCUT2D eigenvalue weighted by molar-refractivity contribution is -0.120. The van der Waals surface area contributed by atoms with Crippen LogP contribution < -0.4 is 24.4 Å². The molecule has 0 aliphatic heterocycles. The van der Waals surface area contributed by atoms with E-state index in [0.29, 0.717) is 28.6 Å². The Morgan fingerprint density at radius 1 is 0.964 bits per heavy atom. The van der Waals surface area contributed by atoms with Gasteiger partial charge in [0.15, 0.2) is 11.5 Å². The van der Waals surface area contributed by atoms with Crippen LogP contribution in [0.15, 0.2) is 30.3 Å². The number of anilines is 2. The number of ether oxygens (including phenoxy) is 3. The van der Waals surface area contributed by atoms with Crippen molar-refractivity contribution in [2.75, 3.05) is 38.1 Å². The lowest BCUT2D eigenvalue weighted by Crippen LogP contribution is -2.36. The Hall–Kier alpha value is -3.22. The van der Waals surface area contributed by atoms with Crippen molar-refractivity contribution in [3.05, 3.63) is 41.5 Å². The summed E-state index contributed by atoms with van der Waals surface area (Å²) < 4.78 is 16.0. The van der Waals surface area contributed by atoms with Crippen LogP contribution in [0.1, 0.15) is 18.1 Å². The van der Waals surface area contributed by atoms with E-state index in [1.165, 1.54) is 33.2 Å². The lowest BCUT2D eigenvalue weighted by atomic mass is 10.1. The highest BCUT2D eigenvalue weighted by molar-refractivity contribution is 6.02. The Kier molecular flexibility index (Phi) is 6.87. The smallest absolute Gasteiger partial charge is 0.244 e. The molecule has 7 nitrogen and oxygen atoms in total. The molecule has 0 saturated heterocycles. The standard InChI is InChI=1S/C21H26N2O5/c1-13-7-8-17(14(2)9-13)22-20(25)12-23(15(3)24)16-10-18(26-4)21(28-6)19(11-16)27-5/h7-11H,12H2,1-6H3,(H,22,25). The molecule has 0 aromatic heterocycles. The van der Waals surface area contributed by atoms with E-state index < -0.39 is 0 Å². The van der Waals surface area contributed by atoms with Gasteiger partial charge in [-0.1, -0.05) is 17.7 Å². The molecule has 7 heteroatoms. The minimum Gasteiger partial charge on any atom is -0.493 e. The number of hydrogen-bond acceptors (Lipinski definition) is 5. The minimum absolute atomic E-state index is 0.152. The van der Waals surface area contributed by atoms with Crippen molar-refractivity contribution >= 4 is 23.2 Å². The molecule has 2 amide bonds. The molecule has 0 heterocycles. The third-order valence-electron chi connectivity index (χ3n) is 4.30. The van der Waals surface area contributed by atoms with Gasteiger partial charge in [-0.2, -0.15) is 0 Å². The average molecular weight is 386 g/mol. The molecule has 0 spiro atoms. The summed E-state index contributed by atoms with van der Waals surface area (Å²) in [7, 11) is 4.48. The average Bonchev–Trinajstić information content (AvgIpc) is 2.66. The Labute approximate surface area is 165 Å². The first-order chi connectivity index (χ1) is 13.3. The maximum atomic E-state index is 12.6. The summed E-state index contributed by atoms with van der Waals surface area (Å²) >= 11 is 0. The first kappa shape index (κ1) is 21.1. The van der Waals surface area contributed by atoms with Crippen molar-refractivity contribution in [2.45, 2.75) is 20.8 Å². The molecule has 0 aliphatic carbocycles. The number of rotatable bonds is 7. The van der Waals surface area contributed by atoms with E-state index in [-0.39, 0.29) is 18.4 Å². The largest absolute Gasteiger partial charge is 0.493 e. The van der Waals surface area contributed by atoms with Crippen LogP contribution in [0.4, 0.5) is 11.4 Å². The molecule has 0 radical (unpaired) electrons. The molecule has 2 aromatic rings. The van der Waals surface area contributed by atoms with E-state index in [1.807, 2.05) is 32.0 Å². The van der Waals surface area contributed by atoms with Gasteiger partial charge < -0.3 is 24.4 Å². The molecule has 2 aromatic carbocycles. The van der Waals surface area contributed by atoms with Gasteiger partial charge in [0.25, 0.3) is 0 Å². The molecule has 28 heavy (non-hydrogen) atoms. The normalized spacial score (nSPS) is 10.2. The zero-order chi connectivity index (χ0) is 20.8. The SMILES string of the molecule is COc1cc(N(CC(=O)Nc2ccc(C)cc2C)C(C)=O)cc(OC)c1OC. The number of nitrogens with zero attached hydrogens (tertiary/aromatic N) is 1. The zero-order valence-corrected chi connectivity index (χ0v) is 17.1. The van der Waals surface area contributed by atoms with Crippen LogP contribution in [-0.2, 0) is 9.59 Å². The van der Waals surface area contributed by atoms with Crippen LogP contribution in [0.3, 0.4) is 0 Å². The predicted octanol–water partition coefficient (Wildman–Crippen LogP) is 3.32.